The zero-order chi connectivity index (χ0) is 40.4. The van der Waals surface area contributed by atoms with Gasteiger partial charge in [-0.2, -0.15) is 9.97 Å². The number of furan rings is 1. The molecule has 11 aromatic rings. The lowest BCUT2D eigenvalue weighted by Crippen LogP contribution is -2.49. The van der Waals surface area contributed by atoms with E-state index in [-0.39, 0.29) is 49.7 Å². The van der Waals surface area contributed by atoms with Gasteiger partial charge in [-0.25, -0.2) is 4.98 Å². The van der Waals surface area contributed by atoms with E-state index >= 15 is 0 Å². The lowest BCUT2D eigenvalue weighted by atomic mass is 9.63. The van der Waals surface area contributed by atoms with E-state index in [4.69, 9.17) is 82.1 Å². The Morgan fingerprint density at radius 1 is 0.441 bits per heavy atom. The standard InChI is InChI=1S/C45H18B8N4OS/c46-32-30-31-33(47)35(49)37(51)39(53)41(31)57(40(30)38(52)36(50)34(32)48)45-55-43(19-8-2-1-3-9-19)54-44(56-45)20-16-17-25-27(18-20)58-26-14-7-11-22(29(25)26)24-13-6-12-23-21-10-4-5-15-28(21)59-42(23)24/h1-18H. The Kier molecular flexibility index (Phi) is 8.06. The van der Waals surface area contributed by atoms with E-state index in [9.17, 15) is 0 Å². The molecule has 0 saturated heterocycles. The van der Waals surface area contributed by atoms with Crippen molar-refractivity contribution in [2.24, 2.45) is 0 Å². The highest BCUT2D eigenvalue weighted by atomic mass is 32.1. The summed E-state index contributed by atoms with van der Waals surface area (Å²) in [6.07, 6.45) is 0. The summed E-state index contributed by atoms with van der Waals surface area (Å²) in [5.41, 5.74) is 6.56. The summed E-state index contributed by atoms with van der Waals surface area (Å²) in [4.78, 5) is 15.0. The van der Waals surface area contributed by atoms with Gasteiger partial charge in [0.05, 0.1) is 0 Å². The molecule has 0 bridgehead atoms. The summed E-state index contributed by atoms with van der Waals surface area (Å²) in [6.45, 7) is 0. The van der Waals surface area contributed by atoms with Gasteiger partial charge in [-0.1, -0.05) is 107 Å². The smallest absolute Gasteiger partial charge is 0.238 e. The summed E-state index contributed by atoms with van der Waals surface area (Å²) in [7, 11) is 52.5. The summed E-state index contributed by atoms with van der Waals surface area (Å²) >= 11 is 1.80. The molecule has 4 aromatic heterocycles. The summed E-state index contributed by atoms with van der Waals surface area (Å²) in [6, 6.07) is 36.7. The summed E-state index contributed by atoms with van der Waals surface area (Å²) < 4.78 is 10.7. The van der Waals surface area contributed by atoms with E-state index in [2.05, 4.69) is 48.5 Å². The predicted molar refractivity (Wildman–Crippen MR) is 254 cm³/mol. The highest BCUT2D eigenvalue weighted by Gasteiger charge is 2.25. The van der Waals surface area contributed by atoms with E-state index in [1.807, 2.05) is 60.7 Å². The number of aromatic nitrogens is 4. The largest absolute Gasteiger partial charge is 0.456 e. The average molecular weight is 749 g/mol. The molecule has 0 unspecified atom stereocenters. The Balaban J connectivity index is 1.17. The van der Waals surface area contributed by atoms with E-state index in [0.717, 1.165) is 33.0 Å². The zero-order valence-corrected chi connectivity index (χ0v) is 31.9. The van der Waals surface area contributed by atoms with Crippen LogP contribution in [0.25, 0.3) is 104 Å². The first-order chi connectivity index (χ1) is 28.6. The molecular weight excluding hydrogens is 731 g/mol. The molecule has 254 valence electrons. The van der Waals surface area contributed by atoms with Gasteiger partial charge in [-0.15, -0.1) is 33.2 Å². The Morgan fingerprint density at radius 3 is 1.75 bits per heavy atom. The number of hydrogen-bond donors (Lipinski definition) is 0. The average Bonchev–Trinajstić information content (AvgIpc) is 3.96. The monoisotopic (exact) mass is 750 g/mol. The van der Waals surface area contributed by atoms with Gasteiger partial charge >= 0.3 is 0 Å². The second-order valence-electron chi connectivity index (χ2n) is 14.5. The molecule has 11 rings (SSSR count). The molecule has 0 aliphatic heterocycles. The van der Waals surface area contributed by atoms with Gasteiger partial charge in [0.2, 0.25) is 5.95 Å². The first kappa shape index (κ1) is 36.0. The Bertz CT molecular complexity index is 3540. The summed E-state index contributed by atoms with van der Waals surface area (Å²) in [5, 5.41) is 5.20. The molecule has 0 atom stereocenters. The highest BCUT2D eigenvalue weighted by molar-refractivity contribution is 7.26. The van der Waals surface area contributed by atoms with Gasteiger partial charge in [0.1, 0.15) is 73.9 Å². The fourth-order valence-corrected chi connectivity index (χ4v) is 9.60. The molecule has 0 saturated carbocycles. The van der Waals surface area contributed by atoms with Crippen LogP contribution in [-0.4, -0.2) is 82.3 Å². The third-order valence-electron chi connectivity index (χ3n) is 11.3. The highest BCUT2D eigenvalue weighted by Crippen LogP contribution is 2.44. The van der Waals surface area contributed by atoms with Gasteiger partial charge in [-0.3, -0.25) is 4.57 Å². The van der Waals surface area contributed by atoms with Crippen molar-refractivity contribution in [1.29, 1.82) is 0 Å². The number of fused-ring (bicyclic) bond motifs is 9. The SMILES string of the molecule is [B]c1c([B])c([B])c2c(c1[B])c1c([B])c([B])c([B])c([B])c1n2-c1nc(-c2ccccc2)nc(-c2ccc3c(c2)oc2cccc(-c4cccc5c4sc4ccccc45)c23)n1. The van der Waals surface area contributed by atoms with Crippen molar-refractivity contribution in [2.45, 2.75) is 0 Å². The number of thiophene rings is 1. The molecule has 0 spiro atoms. The first-order valence-electron chi connectivity index (χ1n) is 18.6. The van der Waals surface area contributed by atoms with Gasteiger partial charge in [0.15, 0.2) is 11.6 Å². The minimum absolute atomic E-state index is 0.0769. The predicted octanol–water partition coefficient (Wildman–Crippen LogP) is 2.59. The quantitative estimate of drug-likeness (QED) is 0.260. The molecule has 0 aliphatic carbocycles. The van der Waals surface area contributed by atoms with Crippen molar-refractivity contribution >= 4 is 182 Å². The Hall–Kier alpha value is -6.11. The van der Waals surface area contributed by atoms with Gasteiger partial charge in [0, 0.05) is 58.7 Å². The second kappa shape index (κ2) is 13.2. The van der Waals surface area contributed by atoms with E-state index in [0.29, 0.717) is 44.6 Å². The van der Waals surface area contributed by atoms with Crippen LogP contribution in [0.3, 0.4) is 0 Å². The molecule has 4 heterocycles. The van der Waals surface area contributed by atoms with Crippen LogP contribution in [0.5, 0.6) is 0 Å². The van der Waals surface area contributed by atoms with Crippen molar-refractivity contribution in [3.05, 3.63) is 109 Å². The third-order valence-corrected chi connectivity index (χ3v) is 12.5. The summed E-state index contributed by atoms with van der Waals surface area (Å²) in [5.74, 6) is 0.850. The number of nitrogens with zero attached hydrogens (tertiary/aromatic N) is 4. The topological polar surface area (TPSA) is 56.7 Å². The molecule has 5 nitrogen and oxygen atoms in total. The van der Waals surface area contributed by atoms with Crippen LogP contribution in [0, 0.1) is 0 Å². The van der Waals surface area contributed by atoms with Gasteiger partial charge < -0.3 is 4.42 Å². The van der Waals surface area contributed by atoms with Gasteiger partial charge in [-0.05, 0) is 40.6 Å². The van der Waals surface area contributed by atoms with Crippen molar-refractivity contribution in [3.63, 3.8) is 0 Å². The molecule has 7 aromatic carbocycles. The van der Waals surface area contributed by atoms with Crippen LogP contribution in [0.15, 0.2) is 114 Å². The first-order valence-corrected chi connectivity index (χ1v) is 19.4. The van der Waals surface area contributed by atoms with Gasteiger partial charge in [0.25, 0.3) is 0 Å². The molecule has 16 radical (unpaired) electrons. The van der Waals surface area contributed by atoms with Crippen molar-refractivity contribution in [1.82, 2.24) is 19.5 Å². The Labute approximate surface area is 352 Å². The van der Waals surface area contributed by atoms with E-state index in [1.165, 1.54) is 20.2 Å². The van der Waals surface area contributed by atoms with Crippen LogP contribution in [-0.2, 0) is 0 Å². The molecular formula is C45H18B8N4OS. The maximum absolute atomic E-state index is 6.76. The lowest BCUT2D eigenvalue weighted by Gasteiger charge is -2.17. The fourth-order valence-electron chi connectivity index (χ4n) is 8.37. The minimum Gasteiger partial charge on any atom is -0.456 e. The van der Waals surface area contributed by atoms with Crippen LogP contribution < -0.4 is 43.7 Å². The second-order valence-corrected chi connectivity index (χ2v) is 15.6. The molecule has 0 aliphatic rings. The van der Waals surface area contributed by atoms with E-state index in [1.54, 1.807) is 15.9 Å². The molecule has 0 fully saturated rings. The zero-order valence-electron chi connectivity index (χ0n) is 31.1. The number of benzene rings is 7. The number of rotatable bonds is 4. The van der Waals surface area contributed by atoms with E-state index < -0.39 is 0 Å². The molecule has 0 amide bonds. The number of hydrogen-bond acceptors (Lipinski definition) is 5. The fraction of sp³-hybridized carbons (Fsp3) is 0. The maximum Gasteiger partial charge on any atom is 0.238 e. The Morgan fingerprint density at radius 2 is 1.03 bits per heavy atom. The molecule has 14 heteroatoms. The maximum atomic E-state index is 6.76. The van der Waals surface area contributed by atoms with Crippen molar-refractivity contribution < 1.29 is 4.42 Å². The molecule has 59 heavy (non-hydrogen) atoms. The molecule has 0 N–H and O–H groups in total. The van der Waals surface area contributed by atoms with Crippen LogP contribution in [0.2, 0.25) is 0 Å². The van der Waals surface area contributed by atoms with Crippen LogP contribution in [0.4, 0.5) is 0 Å². The van der Waals surface area contributed by atoms with Crippen molar-refractivity contribution in [3.8, 4) is 39.9 Å². The lowest BCUT2D eigenvalue weighted by molar-refractivity contribution is 0.669. The van der Waals surface area contributed by atoms with Crippen molar-refractivity contribution in [2.75, 3.05) is 0 Å². The van der Waals surface area contributed by atoms with Crippen LogP contribution >= 0.6 is 11.3 Å². The minimum atomic E-state index is 0.0769. The van der Waals surface area contributed by atoms with Crippen LogP contribution in [0.1, 0.15) is 0 Å². The third kappa shape index (κ3) is 5.18. The normalized spacial score (nSPS) is 11.9.